The van der Waals surface area contributed by atoms with E-state index in [0.29, 0.717) is 0 Å². The molecule has 0 radical (unpaired) electrons. The second kappa shape index (κ2) is 4.62. The lowest BCUT2D eigenvalue weighted by atomic mass is 10.2. The van der Waals surface area contributed by atoms with Crippen LogP contribution in [-0.4, -0.2) is 17.7 Å². The Labute approximate surface area is 111 Å². The third-order valence-corrected chi connectivity index (χ3v) is 4.42. The minimum atomic E-state index is 0.104. The molecule has 17 heavy (non-hydrogen) atoms. The summed E-state index contributed by atoms with van der Waals surface area (Å²) in [7, 11) is 0. The van der Waals surface area contributed by atoms with Crippen LogP contribution in [0.4, 0.5) is 5.69 Å². The van der Waals surface area contributed by atoms with Crippen molar-refractivity contribution in [3.63, 3.8) is 0 Å². The standard InChI is InChI=1S/C14H18BrNO/c15-14-7-13(4-3-11(14)9-17)16(12-5-6-12)8-10-1-2-10/h3-4,7,10,12,17H,1-2,5-6,8-9H2. The Hall–Kier alpha value is -0.540. The average molecular weight is 296 g/mol. The molecule has 2 saturated carbocycles. The molecular weight excluding hydrogens is 278 g/mol. The van der Waals surface area contributed by atoms with Crippen LogP contribution in [0.5, 0.6) is 0 Å². The molecule has 2 fully saturated rings. The van der Waals surface area contributed by atoms with Crippen molar-refractivity contribution < 1.29 is 5.11 Å². The van der Waals surface area contributed by atoms with Gasteiger partial charge < -0.3 is 10.0 Å². The number of aliphatic hydroxyl groups is 1. The molecule has 3 rings (SSSR count). The van der Waals surface area contributed by atoms with Crippen molar-refractivity contribution in [2.45, 2.75) is 38.3 Å². The number of rotatable bonds is 5. The third-order valence-electron chi connectivity index (χ3n) is 3.68. The lowest BCUT2D eigenvalue weighted by molar-refractivity contribution is 0.281. The van der Waals surface area contributed by atoms with Crippen LogP contribution in [0.25, 0.3) is 0 Å². The van der Waals surface area contributed by atoms with Gasteiger partial charge in [-0.05, 0) is 49.3 Å². The van der Waals surface area contributed by atoms with Gasteiger partial charge in [-0.1, -0.05) is 22.0 Å². The Morgan fingerprint density at radius 2 is 2.00 bits per heavy atom. The second-order valence-electron chi connectivity index (χ2n) is 5.26. The Kier molecular flexibility index (Phi) is 3.14. The zero-order chi connectivity index (χ0) is 11.8. The topological polar surface area (TPSA) is 23.5 Å². The minimum Gasteiger partial charge on any atom is -0.392 e. The van der Waals surface area contributed by atoms with Crippen LogP contribution >= 0.6 is 15.9 Å². The highest BCUT2D eigenvalue weighted by Gasteiger charge is 2.33. The van der Waals surface area contributed by atoms with Gasteiger partial charge in [0.05, 0.1) is 6.61 Å². The zero-order valence-electron chi connectivity index (χ0n) is 9.90. The van der Waals surface area contributed by atoms with E-state index >= 15 is 0 Å². The molecule has 3 heteroatoms. The summed E-state index contributed by atoms with van der Waals surface area (Å²) in [6.07, 6.45) is 5.48. The SMILES string of the molecule is OCc1ccc(N(CC2CC2)C2CC2)cc1Br. The summed E-state index contributed by atoms with van der Waals surface area (Å²) >= 11 is 3.54. The molecule has 2 aliphatic rings. The van der Waals surface area contributed by atoms with E-state index in [2.05, 4.69) is 33.0 Å². The van der Waals surface area contributed by atoms with Crippen molar-refractivity contribution in [2.75, 3.05) is 11.4 Å². The first kappa shape index (κ1) is 11.5. The average Bonchev–Trinajstić information content (AvgIpc) is 3.17. The second-order valence-corrected chi connectivity index (χ2v) is 6.12. The number of aliphatic hydroxyl groups excluding tert-OH is 1. The molecule has 0 amide bonds. The van der Waals surface area contributed by atoms with Gasteiger partial charge in [0.2, 0.25) is 0 Å². The molecule has 0 unspecified atom stereocenters. The number of hydrogen-bond donors (Lipinski definition) is 1. The van der Waals surface area contributed by atoms with E-state index in [0.717, 1.165) is 22.0 Å². The Bertz CT molecular complexity index is 413. The molecule has 0 heterocycles. The molecule has 1 aromatic rings. The molecule has 1 aromatic carbocycles. The quantitative estimate of drug-likeness (QED) is 0.901. The van der Waals surface area contributed by atoms with Crippen molar-refractivity contribution in [1.82, 2.24) is 0 Å². The highest BCUT2D eigenvalue weighted by molar-refractivity contribution is 9.10. The zero-order valence-corrected chi connectivity index (χ0v) is 11.5. The van der Waals surface area contributed by atoms with Crippen LogP contribution < -0.4 is 4.90 Å². The predicted molar refractivity (Wildman–Crippen MR) is 73.2 cm³/mol. The fraction of sp³-hybridized carbons (Fsp3) is 0.571. The fourth-order valence-electron chi connectivity index (χ4n) is 2.27. The van der Waals surface area contributed by atoms with Crippen molar-refractivity contribution in [3.8, 4) is 0 Å². The van der Waals surface area contributed by atoms with Gasteiger partial charge in [-0.15, -0.1) is 0 Å². The van der Waals surface area contributed by atoms with Crippen molar-refractivity contribution >= 4 is 21.6 Å². The lowest BCUT2D eigenvalue weighted by Gasteiger charge is -2.25. The molecule has 1 N–H and O–H groups in total. The maximum Gasteiger partial charge on any atom is 0.0692 e. The lowest BCUT2D eigenvalue weighted by Crippen LogP contribution is -2.27. The van der Waals surface area contributed by atoms with Crippen molar-refractivity contribution in [3.05, 3.63) is 28.2 Å². The summed E-state index contributed by atoms with van der Waals surface area (Å²) < 4.78 is 1.03. The Morgan fingerprint density at radius 3 is 2.53 bits per heavy atom. The maximum atomic E-state index is 9.18. The Balaban J connectivity index is 1.81. The van der Waals surface area contributed by atoms with Gasteiger partial charge in [-0.2, -0.15) is 0 Å². The molecule has 0 aliphatic heterocycles. The summed E-state index contributed by atoms with van der Waals surface area (Å²) in [6, 6.07) is 7.10. The molecule has 2 aliphatic carbocycles. The first-order valence-corrected chi connectivity index (χ1v) is 7.23. The molecule has 2 nitrogen and oxygen atoms in total. The highest BCUT2D eigenvalue weighted by Crippen LogP contribution is 2.38. The summed E-state index contributed by atoms with van der Waals surface area (Å²) in [6.45, 7) is 1.32. The normalized spacial score (nSPS) is 19.4. The summed E-state index contributed by atoms with van der Waals surface area (Å²) in [5.74, 6) is 0.923. The number of benzene rings is 1. The molecule has 0 spiro atoms. The predicted octanol–water partition coefficient (Wildman–Crippen LogP) is 3.32. The molecule has 0 aromatic heterocycles. The van der Waals surface area contributed by atoms with E-state index < -0.39 is 0 Å². The molecule has 0 saturated heterocycles. The number of anilines is 1. The summed E-state index contributed by atoms with van der Waals surface area (Å²) in [4.78, 5) is 2.56. The van der Waals surface area contributed by atoms with E-state index in [1.807, 2.05) is 6.07 Å². The van der Waals surface area contributed by atoms with Crippen LogP contribution in [-0.2, 0) is 6.61 Å². The molecular formula is C14H18BrNO. The van der Waals surface area contributed by atoms with E-state index in [4.69, 9.17) is 0 Å². The van der Waals surface area contributed by atoms with Gasteiger partial charge in [-0.3, -0.25) is 0 Å². The minimum absolute atomic E-state index is 0.104. The third kappa shape index (κ3) is 2.66. The van der Waals surface area contributed by atoms with Crippen LogP contribution in [0.1, 0.15) is 31.2 Å². The van der Waals surface area contributed by atoms with Gasteiger partial charge in [0, 0.05) is 22.7 Å². The van der Waals surface area contributed by atoms with Crippen LogP contribution in [0.3, 0.4) is 0 Å². The largest absolute Gasteiger partial charge is 0.392 e. The maximum absolute atomic E-state index is 9.18. The van der Waals surface area contributed by atoms with Gasteiger partial charge in [0.25, 0.3) is 0 Å². The number of halogens is 1. The first-order chi connectivity index (χ1) is 8.28. The van der Waals surface area contributed by atoms with Crippen molar-refractivity contribution in [2.24, 2.45) is 5.92 Å². The number of nitrogens with zero attached hydrogens (tertiary/aromatic N) is 1. The highest BCUT2D eigenvalue weighted by atomic mass is 79.9. The van der Waals surface area contributed by atoms with E-state index in [1.165, 1.54) is 37.9 Å². The summed E-state index contributed by atoms with van der Waals surface area (Å²) in [5, 5.41) is 9.18. The van der Waals surface area contributed by atoms with Crippen LogP contribution in [0, 0.1) is 5.92 Å². The van der Waals surface area contributed by atoms with E-state index in [1.54, 1.807) is 0 Å². The monoisotopic (exact) mass is 295 g/mol. The Morgan fingerprint density at radius 1 is 1.24 bits per heavy atom. The van der Waals surface area contributed by atoms with Crippen LogP contribution in [0.2, 0.25) is 0 Å². The van der Waals surface area contributed by atoms with E-state index in [9.17, 15) is 5.11 Å². The van der Waals surface area contributed by atoms with Gasteiger partial charge in [0.1, 0.15) is 0 Å². The van der Waals surface area contributed by atoms with Gasteiger partial charge in [0.15, 0.2) is 0 Å². The fourth-order valence-corrected chi connectivity index (χ4v) is 2.77. The molecule has 92 valence electrons. The smallest absolute Gasteiger partial charge is 0.0692 e. The van der Waals surface area contributed by atoms with Gasteiger partial charge >= 0.3 is 0 Å². The van der Waals surface area contributed by atoms with E-state index in [-0.39, 0.29) is 6.61 Å². The number of hydrogen-bond acceptors (Lipinski definition) is 2. The van der Waals surface area contributed by atoms with Crippen molar-refractivity contribution in [1.29, 1.82) is 0 Å². The molecule has 0 atom stereocenters. The molecule has 0 bridgehead atoms. The van der Waals surface area contributed by atoms with Gasteiger partial charge in [-0.25, -0.2) is 0 Å². The van der Waals surface area contributed by atoms with Crippen LogP contribution in [0.15, 0.2) is 22.7 Å². The first-order valence-electron chi connectivity index (χ1n) is 6.44. The summed E-state index contributed by atoms with van der Waals surface area (Å²) in [5.41, 5.74) is 2.28.